The number of piperidine rings is 1. The number of hydrogen-bond donors (Lipinski definition) is 1. The molecule has 0 bridgehead atoms. The van der Waals surface area contributed by atoms with Gasteiger partial charge in [-0.05, 0) is 44.4 Å². The van der Waals surface area contributed by atoms with Crippen LogP contribution in [0.4, 0.5) is 0 Å². The van der Waals surface area contributed by atoms with Crippen molar-refractivity contribution in [1.29, 1.82) is 0 Å². The summed E-state index contributed by atoms with van der Waals surface area (Å²) < 4.78 is 29.1. The number of aromatic nitrogens is 2. The van der Waals surface area contributed by atoms with Crippen LogP contribution in [0.2, 0.25) is 10.0 Å². The lowest BCUT2D eigenvalue weighted by Crippen LogP contribution is -2.47. The molecule has 1 N–H and O–H groups in total. The number of halogens is 2. The van der Waals surface area contributed by atoms with Crippen LogP contribution in [-0.4, -0.2) is 46.3 Å². The van der Waals surface area contributed by atoms with Gasteiger partial charge in [-0.25, -0.2) is 8.42 Å². The van der Waals surface area contributed by atoms with Gasteiger partial charge in [0.05, 0.1) is 27.0 Å². The Balaban J connectivity index is 1.75. The third kappa shape index (κ3) is 4.03. The smallest absolute Gasteiger partial charge is 0.246 e. The molecule has 0 radical (unpaired) electrons. The van der Waals surface area contributed by atoms with Crippen molar-refractivity contribution in [2.24, 2.45) is 7.05 Å². The maximum Gasteiger partial charge on any atom is 0.246 e. The van der Waals surface area contributed by atoms with Gasteiger partial charge in [-0.15, -0.1) is 0 Å². The fraction of sp³-hybridized carbons (Fsp3) is 0.500. The van der Waals surface area contributed by atoms with Crippen LogP contribution in [0.5, 0.6) is 0 Å². The molecular formula is C18H23Cl2N3O3S. The van der Waals surface area contributed by atoms with Gasteiger partial charge in [-0.2, -0.15) is 9.40 Å². The van der Waals surface area contributed by atoms with E-state index in [2.05, 4.69) is 5.10 Å². The second-order valence-corrected chi connectivity index (χ2v) is 9.87. The average Bonchev–Trinajstić information content (AvgIpc) is 2.84. The first-order valence-electron chi connectivity index (χ1n) is 8.70. The Hall–Kier alpha value is -1.12. The van der Waals surface area contributed by atoms with Crippen LogP contribution >= 0.6 is 23.2 Å². The van der Waals surface area contributed by atoms with E-state index in [1.807, 2.05) is 6.07 Å². The molecule has 3 rings (SSSR count). The van der Waals surface area contributed by atoms with Crippen molar-refractivity contribution in [1.82, 2.24) is 14.1 Å². The summed E-state index contributed by atoms with van der Waals surface area (Å²) in [4.78, 5) is 0.264. The SMILES string of the molecule is Cc1nn(C)c(C)c1S(=O)(=O)N1CCC(O)(Cc2ccc(Cl)c(Cl)c2)CC1. The predicted molar refractivity (Wildman–Crippen MR) is 106 cm³/mol. The van der Waals surface area contributed by atoms with Crippen molar-refractivity contribution < 1.29 is 13.5 Å². The van der Waals surface area contributed by atoms with Crippen molar-refractivity contribution >= 4 is 33.2 Å². The molecule has 1 aromatic heterocycles. The van der Waals surface area contributed by atoms with Crippen molar-refractivity contribution in [2.45, 2.75) is 43.6 Å². The van der Waals surface area contributed by atoms with E-state index in [0.717, 1.165) is 5.56 Å². The first kappa shape index (κ1) is 20.6. The highest BCUT2D eigenvalue weighted by Gasteiger charge is 2.39. The highest BCUT2D eigenvalue weighted by Crippen LogP contribution is 2.32. The number of benzene rings is 1. The van der Waals surface area contributed by atoms with E-state index in [1.165, 1.54) is 4.31 Å². The van der Waals surface area contributed by atoms with Gasteiger partial charge in [-0.3, -0.25) is 4.68 Å². The van der Waals surface area contributed by atoms with Gasteiger partial charge < -0.3 is 5.11 Å². The molecule has 1 fully saturated rings. The van der Waals surface area contributed by atoms with E-state index < -0.39 is 15.6 Å². The zero-order valence-electron chi connectivity index (χ0n) is 15.5. The third-order valence-corrected chi connectivity index (χ3v) is 8.10. The van der Waals surface area contributed by atoms with E-state index in [-0.39, 0.29) is 18.0 Å². The molecule has 6 nitrogen and oxygen atoms in total. The lowest BCUT2D eigenvalue weighted by molar-refractivity contribution is -0.00441. The standard InChI is InChI=1S/C18H23Cl2N3O3S/c1-12-17(13(2)22(3)21-12)27(25,26)23-8-6-18(24,7-9-23)11-14-4-5-15(19)16(20)10-14/h4-5,10,24H,6-9,11H2,1-3H3. The van der Waals surface area contributed by atoms with E-state index in [4.69, 9.17) is 23.2 Å². The summed E-state index contributed by atoms with van der Waals surface area (Å²) in [5.41, 5.74) is 1.01. The molecule has 148 valence electrons. The molecule has 2 heterocycles. The number of nitrogens with zero attached hydrogens (tertiary/aromatic N) is 3. The summed E-state index contributed by atoms with van der Waals surface area (Å²) in [7, 11) is -1.91. The van der Waals surface area contributed by atoms with Gasteiger partial charge in [0, 0.05) is 26.6 Å². The highest BCUT2D eigenvalue weighted by atomic mass is 35.5. The van der Waals surface area contributed by atoms with Crippen molar-refractivity contribution in [2.75, 3.05) is 13.1 Å². The van der Waals surface area contributed by atoms with Crippen LogP contribution in [-0.2, 0) is 23.5 Å². The Morgan fingerprint density at radius 2 is 1.81 bits per heavy atom. The molecule has 0 amide bonds. The molecule has 27 heavy (non-hydrogen) atoms. The van der Waals surface area contributed by atoms with Crippen LogP contribution in [0.15, 0.2) is 23.1 Å². The fourth-order valence-electron chi connectivity index (χ4n) is 3.61. The van der Waals surface area contributed by atoms with E-state index in [0.29, 0.717) is 40.7 Å². The molecule has 1 aliphatic heterocycles. The largest absolute Gasteiger partial charge is 0.389 e. The Labute approximate surface area is 169 Å². The van der Waals surface area contributed by atoms with Gasteiger partial charge in [0.1, 0.15) is 4.90 Å². The summed E-state index contributed by atoms with van der Waals surface area (Å²) >= 11 is 12.0. The quantitative estimate of drug-likeness (QED) is 0.806. The zero-order chi connectivity index (χ0) is 20.0. The Morgan fingerprint density at radius 3 is 2.33 bits per heavy atom. The summed E-state index contributed by atoms with van der Waals surface area (Å²) in [5.74, 6) is 0. The van der Waals surface area contributed by atoms with Gasteiger partial charge in [0.15, 0.2) is 0 Å². The summed E-state index contributed by atoms with van der Waals surface area (Å²) in [6.45, 7) is 3.96. The molecule has 2 aromatic rings. The average molecular weight is 432 g/mol. The minimum atomic E-state index is -3.64. The number of rotatable bonds is 4. The molecule has 0 aliphatic carbocycles. The normalized spacial score (nSPS) is 18.0. The minimum absolute atomic E-state index is 0.258. The topological polar surface area (TPSA) is 75.4 Å². The van der Waals surface area contributed by atoms with E-state index >= 15 is 0 Å². The minimum Gasteiger partial charge on any atom is -0.389 e. The van der Waals surface area contributed by atoms with Crippen molar-refractivity contribution in [3.63, 3.8) is 0 Å². The zero-order valence-corrected chi connectivity index (χ0v) is 17.9. The fourth-order valence-corrected chi connectivity index (χ4v) is 5.77. The Bertz CT molecular complexity index is 964. The molecule has 1 aromatic carbocycles. The Kier molecular flexibility index (Phi) is 5.62. The predicted octanol–water partition coefficient (Wildman–Crippen LogP) is 3.10. The van der Waals surface area contributed by atoms with Gasteiger partial charge in [0.2, 0.25) is 10.0 Å². The number of aliphatic hydroxyl groups is 1. The van der Waals surface area contributed by atoms with Crippen LogP contribution < -0.4 is 0 Å². The summed E-state index contributed by atoms with van der Waals surface area (Å²) in [5, 5.41) is 16.1. The van der Waals surface area contributed by atoms with Crippen LogP contribution in [0.1, 0.15) is 29.8 Å². The third-order valence-electron chi connectivity index (χ3n) is 5.21. The molecule has 0 saturated carbocycles. The molecule has 0 spiro atoms. The first-order chi connectivity index (χ1) is 12.5. The molecule has 0 atom stereocenters. The first-order valence-corrected chi connectivity index (χ1v) is 10.9. The Morgan fingerprint density at radius 1 is 1.19 bits per heavy atom. The van der Waals surface area contributed by atoms with Crippen LogP contribution in [0, 0.1) is 13.8 Å². The maximum absolute atomic E-state index is 13.1. The summed E-state index contributed by atoms with van der Waals surface area (Å²) in [6, 6.07) is 5.28. The van der Waals surface area contributed by atoms with Crippen molar-refractivity contribution in [3.05, 3.63) is 45.2 Å². The molecule has 0 unspecified atom stereocenters. The molecular weight excluding hydrogens is 409 g/mol. The second-order valence-electron chi connectivity index (χ2n) is 7.18. The molecule has 1 aliphatic rings. The van der Waals surface area contributed by atoms with E-state index in [1.54, 1.807) is 37.7 Å². The maximum atomic E-state index is 13.1. The van der Waals surface area contributed by atoms with Gasteiger partial charge in [-0.1, -0.05) is 29.3 Å². The lowest BCUT2D eigenvalue weighted by Gasteiger charge is -2.37. The van der Waals surface area contributed by atoms with Crippen LogP contribution in [0.25, 0.3) is 0 Å². The molecule has 9 heteroatoms. The van der Waals surface area contributed by atoms with E-state index in [9.17, 15) is 13.5 Å². The summed E-state index contributed by atoms with van der Waals surface area (Å²) in [6.07, 6.45) is 1.11. The van der Waals surface area contributed by atoms with Gasteiger partial charge in [0.25, 0.3) is 0 Å². The van der Waals surface area contributed by atoms with Crippen LogP contribution in [0.3, 0.4) is 0 Å². The number of sulfonamides is 1. The molecule has 1 saturated heterocycles. The lowest BCUT2D eigenvalue weighted by atomic mass is 9.86. The highest BCUT2D eigenvalue weighted by molar-refractivity contribution is 7.89. The second kappa shape index (κ2) is 7.37. The number of hydrogen-bond acceptors (Lipinski definition) is 4. The van der Waals surface area contributed by atoms with Crippen molar-refractivity contribution in [3.8, 4) is 0 Å². The van der Waals surface area contributed by atoms with Gasteiger partial charge >= 0.3 is 0 Å². The monoisotopic (exact) mass is 431 g/mol. The number of aryl methyl sites for hydroxylation is 2.